The molecule has 1 aliphatic rings. The maximum Gasteiger partial charge on any atom is 0.0700 e. The molecule has 0 atom stereocenters. The lowest BCUT2D eigenvalue weighted by Crippen LogP contribution is -2.38. The second-order valence-electron chi connectivity index (χ2n) is 4.66. The standard InChI is InChI=1S/C13H28N2O3/c1-16-11-12-17-9-2-6-15-7-3-13(4-8-15)18-10-5-14/h13H,2-12,14H2,1H3. The Hall–Kier alpha value is -0.200. The normalized spacial score (nSPS) is 18.3. The number of rotatable bonds is 10. The van der Waals surface area contributed by atoms with Gasteiger partial charge in [-0.1, -0.05) is 0 Å². The van der Waals surface area contributed by atoms with E-state index in [0.717, 1.165) is 45.5 Å². The van der Waals surface area contributed by atoms with E-state index in [9.17, 15) is 0 Å². The first-order valence-electron chi connectivity index (χ1n) is 6.97. The van der Waals surface area contributed by atoms with Crippen LogP contribution in [0.15, 0.2) is 0 Å². The van der Waals surface area contributed by atoms with E-state index in [0.29, 0.717) is 32.5 Å². The third kappa shape index (κ3) is 7.28. The largest absolute Gasteiger partial charge is 0.382 e. The summed E-state index contributed by atoms with van der Waals surface area (Å²) in [5.41, 5.74) is 5.43. The van der Waals surface area contributed by atoms with Gasteiger partial charge in [0.15, 0.2) is 0 Å². The fraction of sp³-hybridized carbons (Fsp3) is 1.00. The topological polar surface area (TPSA) is 57.0 Å². The smallest absolute Gasteiger partial charge is 0.0700 e. The number of hydrogen-bond donors (Lipinski definition) is 1. The maximum absolute atomic E-state index is 5.66. The van der Waals surface area contributed by atoms with Crippen LogP contribution >= 0.6 is 0 Å². The third-order valence-corrected chi connectivity index (χ3v) is 3.20. The Bertz CT molecular complexity index is 185. The van der Waals surface area contributed by atoms with Crippen LogP contribution in [-0.2, 0) is 14.2 Å². The molecule has 0 unspecified atom stereocenters. The van der Waals surface area contributed by atoms with E-state index in [4.69, 9.17) is 19.9 Å². The monoisotopic (exact) mass is 260 g/mol. The van der Waals surface area contributed by atoms with Gasteiger partial charge >= 0.3 is 0 Å². The summed E-state index contributed by atoms with van der Waals surface area (Å²) < 4.78 is 16.0. The minimum absolute atomic E-state index is 0.419. The van der Waals surface area contributed by atoms with Gasteiger partial charge in [0.05, 0.1) is 25.9 Å². The van der Waals surface area contributed by atoms with E-state index in [2.05, 4.69) is 4.90 Å². The zero-order valence-corrected chi connectivity index (χ0v) is 11.6. The van der Waals surface area contributed by atoms with Crippen molar-refractivity contribution in [2.45, 2.75) is 25.4 Å². The highest BCUT2D eigenvalue weighted by molar-refractivity contribution is 4.72. The number of nitrogens with two attached hydrogens (primary N) is 1. The van der Waals surface area contributed by atoms with Crippen LogP contribution in [0.3, 0.4) is 0 Å². The van der Waals surface area contributed by atoms with Crippen LogP contribution < -0.4 is 5.73 Å². The molecule has 1 fully saturated rings. The van der Waals surface area contributed by atoms with Crippen molar-refractivity contribution in [3.8, 4) is 0 Å². The Labute approximate surface area is 111 Å². The van der Waals surface area contributed by atoms with Crippen LogP contribution in [0.1, 0.15) is 19.3 Å². The molecule has 18 heavy (non-hydrogen) atoms. The summed E-state index contributed by atoms with van der Waals surface area (Å²) in [6.07, 6.45) is 3.77. The minimum Gasteiger partial charge on any atom is -0.382 e. The van der Waals surface area contributed by atoms with E-state index < -0.39 is 0 Å². The average molecular weight is 260 g/mol. The van der Waals surface area contributed by atoms with E-state index in [1.165, 1.54) is 0 Å². The Morgan fingerprint density at radius 3 is 2.56 bits per heavy atom. The summed E-state index contributed by atoms with van der Waals surface area (Å²) in [4.78, 5) is 2.49. The first-order valence-corrected chi connectivity index (χ1v) is 6.97. The fourth-order valence-electron chi connectivity index (χ4n) is 2.17. The predicted molar refractivity (Wildman–Crippen MR) is 71.8 cm³/mol. The molecule has 5 heteroatoms. The number of hydrogen-bond acceptors (Lipinski definition) is 5. The van der Waals surface area contributed by atoms with Gasteiger partial charge in [0.25, 0.3) is 0 Å². The molecule has 1 aliphatic heterocycles. The molecule has 0 aromatic rings. The summed E-state index contributed by atoms with van der Waals surface area (Å²) in [6.45, 7) is 6.91. The van der Waals surface area contributed by atoms with Gasteiger partial charge in [0.1, 0.15) is 0 Å². The van der Waals surface area contributed by atoms with E-state index >= 15 is 0 Å². The molecular weight excluding hydrogens is 232 g/mol. The van der Waals surface area contributed by atoms with Crippen molar-refractivity contribution in [3.05, 3.63) is 0 Å². The van der Waals surface area contributed by atoms with Gasteiger partial charge in [-0.3, -0.25) is 0 Å². The van der Waals surface area contributed by atoms with E-state index in [-0.39, 0.29) is 0 Å². The van der Waals surface area contributed by atoms with E-state index in [1.807, 2.05) is 0 Å². The van der Waals surface area contributed by atoms with Crippen molar-refractivity contribution in [1.82, 2.24) is 4.90 Å². The number of ether oxygens (including phenoxy) is 3. The molecule has 0 aliphatic carbocycles. The van der Waals surface area contributed by atoms with Crippen molar-refractivity contribution < 1.29 is 14.2 Å². The molecule has 0 aromatic heterocycles. The van der Waals surface area contributed by atoms with Gasteiger partial charge in [0.2, 0.25) is 0 Å². The minimum atomic E-state index is 0.419. The lowest BCUT2D eigenvalue weighted by atomic mass is 10.1. The zero-order valence-electron chi connectivity index (χ0n) is 11.6. The summed E-state index contributed by atoms with van der Waals surface area (Å²) >= 11 is 0. The highest BCUT2D eigenvalue weighted by atomic mass is 16.5. The van der Waals surface area contributed by atoms with Crippen molar-refractivity contribution >= 4 is 0 Å². The molecule has 1 rings (SSSR count). The lowest BCUT2D eigenvalue weighted by Gasteiger charge is -2.31. The summed E-state index contributed by atoms with van der Waals surface area (Å²) in [7, 11) is 1.69. The van der Waals surface area contributed by atoms with Crippen molar-refractivity contribution in [2.75, 3.05) is 59.7 Å². The highest BCUT2D eigenvalue weighted by Crippen LogP contribution is 2.13. The number of likely N-dealkylation sites (tertiary alicyclic amines) is 1. The van der Waals surface area contributed by atoms with Crippen LogP contribution in [0.4, 0.5) is 0 Å². The van der Waals surface area contributed by atoms with Crippen molar-refractivity contribution in [2.24, 2.45) is 5.73 Å². The molecule has 0 aromatic carbocycles. The third-order valence-electron chi connectivity index (χ3n) is 3.20. The number of methoxy groups -OCH3 is 1. The molecule has 0 bridgehead atoms. The predicted octanol–water partition coefficient (Wildman–Crippen LogP) is 0.479. The molecule has 0 radical (unpaired) electrons. The number of piperidine rings is 1. The SMILES string of the molecule is COCCOCCCN1CCC(OCCN)CC1. The van der Waals surface area contributed by atoms with Crippen LogP contribution in [0.2, 0.25) is 0 Å². The van der Waals surface area contributed by atoms with Crippen LogP contribution in [0, 0.1) is 0 Å². The second-order valence-corrected chi connectivity index (χ2v) is 4.66. The van der Waals surface area contributed by atoms with Gasteiger partial charge < -0.3 is 24.8 Å². The van der Waals surface area contributed by atoms with Gasteiger partial charge in [-0.2, -0.15) is 0 Å². The molecule has 1 heterocycles. The van der Waals surface area contributed by atoms with Gasteiger partial charge in [-0.15, -0.1) is 0 Å². The van der Waals surface area contributed by atoms with Crippen molar-refractivity contribution in [1.29, 1.82) is 0 Å². The Morgan fingerprint density at radius 1 is 1.11 bits per heavy atom. The van der Waals surface area contributed by atoms with Crippen LogP contribution in [0.5, 0.6) is 0 Å². The molecule has 1 saturated heterocycles. The number of nitrogens with zero attached hydrogens (tertiary/aromatic N) is 1. The zero-order chi connectivity index (χ0) is 13.1. The Morgan fingerprint density at radius 2 is 1.89 bits per heavy atom. The average Bonchev–Trinajstić information content (AvgIpc) is 2.42. The van der Waals surface area contributed by atoms with Crippen molar-refractivity contribution in [3.63, 3.8) is 0 Å². The molecular formula is C13H28N2O3. The first kappa shape index (κ1) is 15.9. The van der Waals surface area contributed by atoms with Crippen LogP contribution in [-0.4, -0.2) is 70.7 Å². The lowest BCUT2D eigenvalue weighted by molar-refractivity contribution is 0.00852. The first-order chi connectivity index (χ1) is 8.86. The van der Waals surface area contributed by atoms with E-state index in [1.54, 1.807) is 7.11 Å². The fourth-order valence-corrected chi connectivity index (χ4v) is 2.17. The summed E-state index contributed by atoms with van der Waals surface area (Å²) in [6, 6.07) is 0. The molecule has 108 valence electrons. The maximum atomic E-state index is 5.66. The quantitative estimate of drug-likeness (QED) is 0.579. The Kier molecular flexibility index (Phi) is 9.42. The Balaban J connectivity index is 1.92. The second kappa shape index (κ2) is 10.7. The highest BCUT2D eigenvalue weighted by Gasteiger charge is 2.18. The molecule has 0 amide bonds. The molecule has 0 saturated carbocycles. The molecule has 2 N–H and O–H groups in total. The summed E-state index contributed by atoms with van der Waals surface area (Å²) in [5, 5.41) is 0. The molecule has 5 nitrogen and oxygen atoms in total. The van der Waals surface area contributed by atoms with Crippen LogP contribution in [0.25, 0.3) is 0 Å². The summed E-state index contributed by atoms with van der Waals surface area (Å²) in [5.74, 6) is 0. The van der Waals surface area contributed by atoms with Gasteiger partial charge in [-0.25, -0.2) is 0 Å². The molecule has 0 spiro atoms. The van der Waals surface area contributed by atoms with Gasteiger partial charge in [0, 0.05) is 39.9 Å². The van der Waals surface area contributed by atoms with Gasteiger partial charge in [-0.05, 0) is 19.3 Å².